The van der Waals surface area contributed by atoms with Crippen LogP contribution in [-0.4, -0.2) is 38.3 Å². The minimum atomic E-state index is -0.510. The highest BCUT2D eigenvalue weighted by Crippen LogP contribution is 2.29. The largest absolute Gasteiger partial charge is 0.349 e. The lowest BCUT2D eigenvalue weighted by Crippen LogP contribution is -2.35. The molecule has 2 saturated carbocycles. The first kappa shape index (κ1) is 21.2. The van der Waals surface area contributed by atoms with Gasteiger partial charge in [0.1, 0.15) is 0 Å². The fourth-order valence-corrected chi connectivity index (χ4v) is 4.08. The van der Waals surface area contributed by atoms with Crippen LogP contribution < -0.4 is 16.6 Å². The van der Waals surface area contributed by atoms with Crippen molar-refractivity contribution >= 4 is 22.7 Å². The number of H-pyrrole nitrogens is 1. The zero-order valence-electron chi connectivity index (χ0n) is 18.3. The minimum Gasteiger partial charge on any atom is -0.349 e. The normalized spacial score (nSPS) is 15.4. The van der Waals surface area contributed by atoms with Crippen LogP contribution in [-0.2, 0) is 17.9 Å². The summed E-state index contributed by atoms with van der Waals surface area (Å²) in [6, 6.07) is 14.8. The number of nitrogens with one attached hydrogen (secondary N) is 2. The van der Waals surface area contributed by atoms with Gasteiger partial charge in [-0.05, 0) is 55.5 Å². The molecule has 33 heavy (non-hydrogen) atoms. The van der Waals surface area contributed by atoms with Crippen LogP contribution in [0.1, 0.15) is 48.0 Å². The standard InChI is InChI=1S/C25H26N4O4/c30-22(13-14-28-21-4-2-1-3-20(21)24(32)27-25(28)33)29(19-11-12-19)15-16-5-7-17(8-6-16)23(31)26-18-9-10-18/h1-8,18-19H,9-15H2,(H,26,31)(H,27,32,33). The van der Waals surface area contributed by atoms with E-state index in [1.54, 1.807) is 36.4 Å². The predicted octanol–water partition coefficient (Wildman–Crippen LogP) is 2.16. The van der Waals surface area contributed by atoms with Crippen LogP contribution in [0.3, 0.4) is 0 Å². The molecule has 0 radical (unpaired) electrons. The van der Waals surface area contributed by atoms with Crippen molar-refractivity contribution in [2.75, 3.05) is 0 Å². The number of benzene rings is 2. The highest BCUT2D eigenvalue weighted by Gasteiger charge is 2.32. The van der Waals surface area contributed by atoms with Crippen molar-refractivity contribution in [3.8, 4) is 0 Å². The Labute approximate surface area is 190 Å². The predicted molar refractivity (Wildman–Crippen MR) is 124 cm³/mol. The van der Waals surface area contributed by atoms with Gasteiger partial charge >= 0.3 is 5.69 Å². The monoisotopic (exact) mass is 446 g/mol. The van der Waals surface area contributed by atoms with Gasteiger partial charge in [-0.3, -0.25) is 23.9 Å². The van der Waals surface area contributed by atoms with Crippen LogP contribution in [0.4, 0.5) is 0 Å². The molecule has 0 atom stereocenters. The Morgan fingerprint density at radius 1 is 1.00 bits per heavy atom. The zero-order valence-corrected chi connectivity index (χ0v) is 18.3. The molecular weight excluding hydrogens is 420 g/mol. The van der Waals surface area contributed by atoms with E-state index in [0.717, 1.165) is 31.2 Å². The number of rotatable bonds is 8. The summed E-state index contributed by atoms with van der Waals surface area (Å²) in [6.45, 7) is 0.660. The average Bonchev–Trinajstić information content (AvgIpc) is 3.73. The molecule has 5 rings (SSSR count). The van der Waals surface area contributed by atoms with E-state index in [4.69, 9.17) is 0 Å². The fraction of sp³-hybridized carbons (Fsp3) is 0.360. The Morgan fingerprint density at radius 2 is 1.73 bits per heavy atom. The molecule has 1 heterocycles. The SMILES string of the molecule is O=C(NC1CC1)c1ccc(CN(C(=O)CCn2c(=O)[nH]c(=O)c3ccccc32)C2CC2)cc1. The second-order valence-electron chi connectivity index (χ2n) is 8.88. The summed E-state index contributed by atoms with van der Waals surface area (Å²) in [6.07, 6.45) is 4.19. The Hall–Kier alpha value is -3.68. The van der Waals surface area contributed by atoms with E-state index in [9.17, 15) is 19.2 Å². The maximum atomic E-state index is 13.1. The molecule has 8 nitrogen and oxygen atoms in total. The van der Waals surface area contributed by atoms with Gasteiger partial charge in [0.15, 0.2) is 0 Å². The molecule has 0 bridgehead atoms. The Kier molecular flexibility index (Phi) is 5.58. The van der Waals surface area contributed by atoms with Crippen molar-refractivity contribution in [1.82, 2.24) is 19.8 Å². The van der Waals surface area contributed by atoms with Gasteiger partial charge in [0.25, 0.3) is 11.5 Å². The first-order valence-corrected chi connectivity index (χ1v) is 11.4. The number of aryl methyl sites for hydroxylation is 1. The number of hydrogen-bond donors (Lipinski definition) is 2. The van der Waals surface area contributed by atoms with E-state index in [-0.39, 0.29) is 30.8 Å². The van der Waals surface area contributed by atoms with Gasteiger partial charge in [-0.15, -0.1) is 0 Å². The second-order valence-corrected chi connectivity index (χ2v) is 8.88. The second kappa shape index (κ2) is 8.69. The fourth-order valence-electron chi connectivity index (χ4n) is 4.08. The highest BCUT2D eigenvalue weighted by molar-refractivity contribution is 5.94. The van der Waals surface area contributed by atoms with Crippen molar-refractivity contribution in [2.24, 2.45) is 0 Å². The first-order valence-electron chi connectivity index (χ1n) is 11.4. The minimum absolute atomic E-state index is 0.0322. The van der Waals surface area contributed by atoms with Gasteiger partial charge in [-0.2, -0.15) is 0 Å². The topological polar surface area (TPSA) is 104 Å². The van der Waals surface area contributed by atoms with Gasteiger partial charge in [0, 0.05) is 37.2 Å². The molecule has 0 unspecified atom stereocenters. The van der Waals surface area contributed by atoms with E-state index in [2.05, 4.69) is 10.3 Å². The lowest BCUT2D eigenvalue weighted by Gasteiger charge is -2.23. The number of carbonyl (C=O) groups excluding carboxylic acids is 2. The number of fused-ring (bicyclic) bond motifs is 1. The number of amides is 2. The van der Waals surface area contributed by atoms with Crippen LogP contribution in [0.2, 0.25) is 0 Å². The number of nitrogens with zero attached hydrogens (tertiary/aromatic N) is 2. The van der Waals surface area contributed by atoms with Crippen LogP contribution >= 0.6 is 0 Å². The molecule has 2 fully saturated rings. The summed E-state index contributed by atoms with van der Waals surface area (Å²) in [5.41, 5.74) is 1.18. The molecule has 2 N–H and O–H groups in total. The molecule has 8 heteroatoms. The van der Waals surface area contributed by atoms with Crippen molar-refractivity contribution < 1.29 is 9.59 Å². The molecule has 2 aromatic carbocycles. The van der Waals surface area contributed by atoms with Gasteiger partial charge in [-0.25, -0.2) is 4.79 Å². The third-order valence-corrected chi connectivity index (χ3v) is 6.24. The Balaban J connectivity index is 1.27. The van der Waals surface area contributed by atoms with Crippen LogP contribution in [0.5, 0.6) is 0 Å². The molecule has 3 aromatic rings. The summed E-state index contributed by atoms with van der Waals surface area (Å²) >= 11 is 0. The summed E-state index contributed by atoms with van der Waals surface area (Å²) < 4.78 is 1.45. The quantitative estimate of drug-likeness (QED) is 0.553. The molecule has 2 aliphatic rings. The summed E-state index contributed by atoms with van der Waals surface area (Å²) in [5.74, 6) is -0.0898. The summed E-state index contributed by atoms with van der Waals surface area (Å²) in [4.78, 5) is 53.9. The molecule has 170 valence electrons. The molecule has 0 saturated heterocycles. The number of carbonyl (C=O) groups is 2. The first-order chi connectivity index (χ1) is 16.0. The van der Waals surface area contributed by atoms with E-state index < -0.39 is 11.2 Å². The Morgan fingerprint density at radius 3 is 2.42 bits per heavy atom. The van der Waals surface area contributed by atoms with Gasteiger partial charge < -0.3 is 10.2 Å². The summed E-state index contributed by atoms with van der Waals surface area (Å²) in [5, 5.41) is 3.40. The molecule has 0 spiro atoms. The maximum Gasteiger partial charge on any atom is 0.328 e. The zero-order chi connectivity index (χ0) is 22.9. The van der Waals surface area contributed by atoms with E-state index in [0.29, 0.717) is 29.1 Å². The third kappa shape index (κ3) is 4.74. The number of aromatic amines is 1. The van der Waals surface area contributed by atoms with Crippen LogP contribution in [0.15, 0.2) is 58.1 Å². The average molecular weight is 447 g/mol. The van der Waals surface area contributed by atoms with E-state index >= 15 is 0 Å². The number of hydrogen-bond acceptors (Lipinski definition) is 4. The maximum absolute atomic E-state index is 13.1. The van der Waals surface area contributed by atoms with Gasteiger partial charge in [0.05, 0.1) is 10.9 Å². The highest BCUT2D eigenvalue weighted by atomic mass is 16.2. The third-order valence-electron chi connectivity index (χ3n) is 6.24. The number of para-hydroxylation sites is 1. The van der Waals surface area contributed by atoms with E-state index in [1.165, 1.54) is 4.57 Å². The van der Waals surface area contributed by atoms with Gasteiger partial charge in [0.2, 0.25) is 5.91 Å². The summed E-state index contributed by atoms with van der Waals surface area (Å²) in [7, 11) is 0. The van der Waals surface area contributed by atoms with Crippen LogP contribution in [0, 0.1) is 0 Å². The molecule has 1 aromatic heterocycles. The lowest BCUT2D eigenvalue weighted by atomic mass is 10.1. The molecule has 2 amide bonds. The smallest absolute Gasteiger partial charge is 0.328 e. The lowest BCUT2D eigenvalue weighted by molar-refractivity contribution is -0.132. The molecule has 0 aliphatic heterocycles. The van der Waals surface area contributed by atoms with Crippen molar-refractivity contribution in [1.29, 1.82) is 0 Å². The molecular formula is C25H26N4O4. The Bertz CT molecular complexity index is 1320. The van der Waals surface area contributed by atoms with Crippen LogP contribution in [0.25, 0.3) is 10.9 Å². The van der Waals surface area contributed by atoms with Crippen molar-refractivity contribution in [2.45, 2.75) is 57.3 Å². The molecule has 2 aliphatic carbocycles. The number of aromatic nitrogens is 2. The van der Waals surface area contributed by atoms with Crippen molar-refractivity contribution in [3.05, 3.63) is 80.5 Å². The van der Waals surface area contributed by atoms with Gasteiger partial charge in [-0.1, -0.05) is 24.3 Å². The van der Waals surface area contributed by atoms with E-state index in [1.807, 2.05) is 17.0 Å². The van der Waals surface area contributed by atoms with Crippen molar-refractivity contribution in [3.63, 3.8) is 0 Å².